The van der Waals surface area contributed by atoms with Crippen LogP contribution < -0.4 is 0 Å². The van der Waals surface area contributed by atoms with Crippen LogP contribution in [-0.2, 0) is 6.54 Å². The average Bonchev–Trinajstić information content (AvgIpc) is 3.22. The van der Waals surface area contributed by atoms with Crippen LogP contribution in [0.4, 0.5) is 0 Å². The van der Waals surface area contributed by atoms with Gasteiger partial charge in [-0.2, -0.15) is 0 Å². The molecule has 0 N–H and O–H groups in total. The number of piperidine rings is 1. The molecule has 0 radical (unpaired) electrons. The van der Waals surface area contributed by atoms with Crippen molar-refractivity contribution in [3.05, 3.63) is 53.3 Å². The summed E-state index contributed by atoms with van der Waals surface area (Å²) >= 11 is 0. The predicted molar refractivity (Wildman–Crippen MR) is 106 cm³/mol. The van der Waals surface area contributed by atoms with Crippen LogP contribution in [0.5, 0.6) is 0 Å². The third kappa shape index (κ3) is 3.38. The van der Waals surface area contributed by atoms with Gasteiger partial charge in [0.1, 0.15) is 11.4 Å². The average molecular weight is 365 g/mol. The molecule has 1 atom stereocenters. The summed E-state index contributed by atoms with van der Waals surface area (Å²) in [5, 5.41) is 1.03. The topological polar surface area (TPSA) is 51.3 Å². The molecular formula is C22H27N3O2. The van der Waals surface area contributed by atoms with Crippen molar-refractivity contribution in [2.24, 2.45) is 0 Å². The highest BCUT2D eigenvalue weighted by Gasteiger charge is 2.30. The van der Waals surface area contributed by atoms with Crippen molar-refractivity contribution >= 4 is 16.9 Å². The van der Waals surface area contributed by atoms with Crippen molar-refractivity contribution < 1.29 is 9.21 Å². The van der Waals surface area contributed by atoms with Crippen LogP contribution in [0, 0.1) is 20.8 Å². The fourth-order valence-corrected chi connectivity index (χ4v) is 4.16. The van der Waals surface area contributed by atoms with Crippen LogP contribution in [0.3, 0.4) is 0 Å². The lowest BCUT2D eigenvalue weighted by Gasteiger charge is -2.35. The van der Waals surface area contributed by atoms with Gasteiger partial charge in [0.25, 0.3) is 5.91 Å². The van der Waals surface area contributed by atoms with Gasteiger partial charge in [-0.3, -0.25) is 4.79 Å². The number of furan rings is 1. The van der Waals surface area contributed by atoms with Crippen molar-refractivity contribution in [3.8, 4) is 0 Å². The standard InChI is InChI=1S/C22H27N3O2/c1-15-7-8-19-16(2)21(27-20(19)14-15)22(26)25-11-5-4-6-18(25)9-12-24-13-10-23-17(24)3/h7-8,10,13-14,18H,4-6,9,11-12H2,1-3H3/t18-/m1/s1. The fourth-order valence-electron chi connectivity index (χ4n) is 4.16. The van der Waals surface area contributed by atoms with Gasteiger partial charge in [0.2, 0.25) is 0 Å². The molecule has 1 amide bonds. The van der Waals surface area contributed by atoms with E-state index in [0.717, 1.165) is 60.3 Å². The lowest BCUT2D eigenvalue weighted by Crippen LogP contribution is -2.44. The Hall–Kier alpha value is -2.56. The van der Waals surface area contributed by atoms with Crippen LogP contribution in [0.1, 0.15) is 53.2 Å². The molecule has 0 aliphatic carbocycles. The summed E-state index contributed by atoms with van der Waals surface area (Å²) in [6.07, 6.45) is 8.08. The summed E-state index contributed by atoms with van der Waals surface area (Å²) in [5.41, 5.74) is 2.89. The highest BCUT2D eigenvalue weighted by molar-refractivity contribution is 5.99. The van der Waals surface area contributed by atoms with Gasteiger partial charge in [0.05, 0.1) is 0 Å². The minimum absolute atomic E-state index is 0.0356. The molecule has 5 nitrogen and oxygen atoms in total. The molecule has 3 heterocycles. The highest BCUT2D eigenvalue weighted by Crippen LogP contribution is 2.29. The summed E-state index contributed by atoms with van der Waals surface area (Å²) < 4.78 is 8.17. The molecule has 1 fully saturated rings. The maximum absolute atomic E-state index is 13.3. The number of benzene rings is 1. The predicted octanol–water partition coefficient (Wildman–Crippen LogP) is 4.64. The quantitative estimate of drug-likeness (QED) is 0.677. The first kappa shape index (κ1) is 17.8. The number of carbonyl (C=O) groups is 1. The van der Waals surface area contributed by atoms with E-state index in [1.807, 2.05) is 44.1 Å². The van der Waals surface area contributed by atoms with Crippen molar-refractivity contribution in [1.29, 1.82) is 0 Å². The van der Waals surface area contributed by atoms with Gasteiger partial charge in [0.15, 0.2) is 5.76 Å². The first-order valence-corrected chi connectivity index (χ1v) is 9.83. The van der Waals surface area contributed by atoms with Crippen molar-refractivity contribution in [1.82, 2.24) is 14.5 Å². The summed E-state index contributed by atoms with van der Waals surface area (Å²) in [5.74, 6) is 1.56. The highest BCUT2D eigenvalue weighted by atomic mass is 16.3. The molecule has 3 aromatic rings. The van der Waals surface area contributed by atoms with E-state index in [9.17, 15) is 4.79 Å². The maximum atomic E-state index is 13.3. The Morgan fingerprint density at radius 3 is 2.89 bits per heavy atom. The lowest BCUT2D eigenvalue weighted by atomic mass is 9.98. The number of amides is 1. The Kier molecular flexibility index (Phi) is 4.77. The maximum Gasteiger partial charge on any atom is 0.290 e. The number of rotatable bonds is 4. The number of carbonyl (C=O) groups excluding carboxylic acids is 1. The zero-order chi connectivity index (χ0) is 19.0. The van der Waals surface area contributed by atoms with Gasteiger partial charge >= 0.3 is 0 Å². The third-order valence-electron chi connectivity index (χ3n) is 5.80. The van der Waals surface area contributed by atoms with E-state index < -0.39 is 0 Å². The van der Waals surface area contributed by atoms with Crippen molar-refractivity contribution in [3.63, 3.8) is 0 Å². The molecule has 2 aromatic heterocycles. The number of hydrogen-bond donors (Lipinski definition) is 0. The van der Waals surface area contributed by atoms with Gasteiger partial charge in [-0.15, -0.1) is 0 Å². The summed E-state index contributed by atoms with van der Waals surface area (Å²) in [6.45, 7) is 7.74. The van der Waals surface area contributed by atoms with E-state index >= 15 is 0 Å². The number of nitrogens with zero attached hydrogens (tertiary/aromatic N) is 3. The Morgan fingerprint density at radius 2 is 2.11 bits per heavy atom. The van der Waals surface area contributed by atoms with Gasteiger partial charge < -0.3 is 13.9 Å². The second kappa shape index (κ2) is 7.22. The minimum atomic E-state index is 0.0356. The first-order chi connectivity index (χ1) is 13.0. The Morgan fingerprint density at radius 1 is 1.26 bits per heavy atom. The number of fused-ring (bicyclic) bond motifs is 1. The van der Waals surface area contributed by atoms with E-state index in [0.29, 0.717) is 5.76 Å². The zero-order valence-electron chi connectivity index (χ0n) is 16.4. The molecule has 0 spiro atoms. The van der Waals surface area contributed by atoms with Crippen molar-refractivity contribution in [2.45, 2.75) is 59.0 Å². The van der Waals surface area contributed by atoms with Crippen LogP contribution in [0.15, 0.2) is 35.0 Å². The SMILES string of the molecule is Cc1ccc2c(C)c(C(=O)N3CCCC[C@@H]3CCn3ccnc3C)oc2c1. The van der Waals surface area contributed by atoms with Crippen molar-refractivity contribution in [2.75, 3.05) is 6.54 Å². The smallest absolute Gasteiger partial charge is 0.290 e. The number of likely N-dealkylation sites (tertiary alicyclic amines) is 1. The van der Waals surface area contributed by atoms with Crippen LogP contribution in [0.2, 0.25) is 0 Å². The monoisotopic (exact) mass is 365 g/mol. The van der Waals surface area contributed by atoms with E-state index in [2.05, 4.69) is 21.7 Å². The van der Waals surface area contributed by atoms with Crippen LogP contribution >= 0.6 is 0 Å². The van der Waals surface area contributed by atoms with E-state index in [-0.39, 0.29) is 11.9 Å². The minimum Gasteiger partial charge on any atom is -0.451 e. The number of hydrogen-bond acceptors (Lipinski definition) is 3. The molecule has 1 aliphatic rings. The zero-order valence-corrected chi connectivity index (χ0v) is 16.4. The van der Waals surface area contributed by atoms with Gasteiger partial charge in [-0.1, -0.05) is 12.1 Å². The Bertz CT molecular complexity index is 969. The van der Waals surface area contributed by atoms with E-state index in [1.54, 1.807) is 0 Å². The van der Waals surface area contributed by atoms with Gasteiger partial charge in [-0.25, -0.2) is 4.98 Å². The first-order valence-electron chi connectivity index (χ1n) is 9.83. The number of aryl methyl sites for hydroxylation is 4. The molecule has 1 aromatic carbocycles. The second-order valence-electron chi connectivity index (χ2n) is 7.66. The number of aromatic nitrogens is 2. The molecule has 1 saturated heterocycles. The molecular weight excluding hydrogens is 338 g/mol. The lowest BCUT2D eigenvalue weighted by molar-refractivity contribution is 0.0564. The Labute approximate surface area is 160 Å². The molecule has 142 valence electrons. The van der Waals surface area contributed by atoms with Gasteiger partial charge in [0, 0.05) is 42.5 Å². The van der Waals surface area contributed by atoms with E-state index in [1.165, 1.54) is 6.42 Å². The largest absolute Gasteiger partial charge is 0.451 e. The molecule has 4 rings (SSSR count). The molecule has 5 heteroatoms. The normalized spacial score (nSPS) is 17.6. The molecule has 27 heavy (non-hydrogen) atoms. The molecule has 0 unspecified atom stereocenters. The number of imidazole rings is 1. The summed E-state index contributed by atoms with van der Waals surface area (Å²) in [4.78, 5) is 19.7. The third-order valence-corrected chi connectivity index (χ3v) is 5.80. The summed E-state index contributed by atoms with van der Waals surface area (Å²) in [7, 11) is 0. The van der Waals surface area contributed by atoms with Crippen LogP contribution in [-0.4, -0.2) is 32.9 Å². The summed E-state index contributed by atoms with van der Waals surface area (Å²) in [6, 6.07) is 6.38. The van der Waals surface area contributed by atoms with Gasteiger partial charge in [-0.05, 0) is 58.1 Å². The molecule has 0 bridgehead atoms. The van der Waals surface area contributed by atoms with E-state index in [4.69, 9.17) is 4.42 Å². The molecule has 1 aliphatic heterocycles. The second-order valence-corrected chi connectivity index (χ2v) is 7.66. The fraction of sp³-hybridized carbons (Fsp3) is 0.455. The van der Waals surface area contributed by atoms with Crippen LogP contribution in [0.25, 0.3) is 11.0 Å². The molecule has 0 saturated carbocycles. The Balaban J connectivity index is 1.57.